The molecule has 0 spiro atoms. The Hall–Kier alpha value is -1.58. The van der Waals surface area contributed by atoms with E-state index in [-0.39, 0.29) is 85.4 Å². The third kappa shape index (κ3) is 9.44. The topological polar surface area (TPSA) is 170 Å². The number of ketones is 2. The van der Waals surface area contributed by atoms with E-state index in [1.165, 1.54) is 0 Å². The highest BCUT2D eigenvalue weighted by Gasteiger charge is 2.56. The van der Waals surface area contributed by atoms with Gasteiger partial charge in [0.1, 0.15) is 29.9 Å². The molecule has 6 fully saturated rings. The number of hydrogen-bond acceptors (Lipinski definition) is 12. The lowest BCUT2D eigenvalue weighted by Gasteiger charge is -2.46. The van der Waals surface area contributed by atoms with Crippen LogP contribution in [0.15, 0.2) is 24.3 Å². The largest absolute Gasteiger partial charge is 0.394 e. The second-order valence-corrected chi connectivity index (χ2v) is 16.6. The maximum Gasteiger partial charge on any atom is 0.135 e. The molecular weight excluding hydrogens is 672 g/mol. The third-order valence-electron chi connectivity index (χ3n) is 12.8. The minimum absolute atomic E-state index is 0.0186. The van der Waals surface area contributed by atoms with E-state index in [1.54, 1.807) is 7.11 Å². The highest BCUT2D eigenvalue weighted by Crippen LogP contribution is 2.45. The summed E-state index contributed by atoms with van der Waals surface area (Å²) in [5, 5.41) is 41.7. The van der Waals surface area contributed by atoms with Gasteiger partial charge in [0.15, 0.2) is 0 Å². The molecule has 5 aliphatic heterocycles. The smallest absolute Gasteiger partial charge is 0.135 e. The molecule has 294 valence electrons. The number of rotatable bonds is 16. The summed E-state index contributed by atoms with van der Waals surface area (Å²) in [5.74, 6) is 0.289. The fourth-order valence-electron chi connectivity index (χ4n) is 9.72. The molecule has 1 saturated carbocycles. The Balaban J connectivity index is 0.919. The van der Waals surface area contributed by atoms with Crippen LogP contribution in [0.3, 0.4) is 0 Å². The predicted molar refractivity (Wildman–Crippen MR) is 189 cm³/mol. The van der Waals surface area contributed by atoms with Gasteiger partial charge in [-0.2, -0.15) is 0 Å². The molecule has 0 aromatic carbocycles. The fraction of sp³-hybridized carbons (Fsp3) is 0.850. The number of aliphatic hydroxyl groups is 4. The molecule has 0 radical (unpaired) electrons. The van der Waals surface area contributed by atoms with Gasteiger partial charge in [-0.3, -0.25) is 9.59 Å². The van der Waals surface area contributed by atoms with Crippen LogP contribution in [-0.2, 0) is 38.0 Å². The van der Waals surface area contributed by atoms with E-state index in [1.807, 2.05) is 0 Å². The molecule has 5 saturated heterocycles. The summed E-state index contributed by atoms with van der Waals surface area (Å²) in [6, 6.07) is 0. The number of carbonyl (C=O) groups is 2. The molecule has 12 heteroatoms. The summed E-state index contributed by atoms with van der Waals surface area (Å²) in [4.78, 5) is 26.3. The van der Waals surface area contributed by atoms with Crippen molar-refractivity contribution in [2.45, 2.75) is 164 Å². The zero-order valence-corrected chi connectivity index (χ0v) is 31.0. The fourth-order valence-corrected chi connectivity index (χ4v) is 9.72. The average Bonchev–Trinajstić information content (AvgIpc) is 3.78. The Bertz CT molecular complexity index is 1260. The van der Waals surface area contributed by atoms with Gasteiger partial charge in [0.2, 0.25) is 0 Å². The zero-order chi connectivity index (χ0) is 37.1. The lowest BCUT2D eigenvalue weighted by Crippen LogP contribution is -2.56. The maximum atomic E-state index is 13.2. The first-order valence-electron chi connectivity index (χ1n) is 19.7. The summed E-state index contributed by atoms with van der Waals surface area (Å²) < 4.78 is 36.2. The Morgan fingerprint density at radius 3 is 2.42 bits per heavy atom. The van der Waals surface area contributed by atoms with Crippen LogP contribution in [0.2, 0.25) is 0 Å². The SMILES string of the molecule is C=C1CO[C@@H](CC[C@@H]2O[C@@H](CCC(=O)C[C@H]3O[C@H]4[C@@H](O)[C@H]5C[C@@H](CC(=O)C[C@H]6CO[C@H](C[C@H](O)CO)[C@@H]6OC)CC[C@@H]5O[C@H]4[C@H]3O)CC2=C)C[C@H]1C. The maximum absolute atomic E-state index is 13.2. The normalized spacial score (nSPS) is 42.6. The van der Waals surface area contributed by atoms with Crippen molar-refractivity contribution in [3.63, 3.8) is 0 Å². The summed E-state index contributed by atoms with van der Waals surface area (Å²) in [7, 11) is 1.57. The van der Waals surface area contributed by atoms with E-state index >= 15 is 0 Å². The second-order valence-electron chi connectivity index (χ2n) is 16.6. The van der Waals surface area contributed by atoms with Crippen LogP contribution < -0.4 is 0 Å². The minimum atomic E-state index is -1.01. The standard InChI is InChI=1S/C40H62O12/c1-21-11-29(48-19-23(21)3)8-10-32-22(2)12-30(50-32)7-6-26(42)16-34-37(46)40-39(52-34)36(45)31-14-24(5-9-33(31)51-40)13-27(43)15-25-20-49-35(38(25)47-4)17-28(44)18-41/h21,24-25,28-41,44-46H,2-3,5-20H2,1,4H3/t21-,24-,25+,28+,29+,30+,31+,32+,33+,34-,35-,36+,37+,38-,39+,40+/m1/s1. The molecule has 6 aliphatic rings. The van der Waals surface area contributed by atoms with Gasteiger partial charge in [0.25, 0.3) is 0 Å². The highest BCUT2D eigenvalue weighted by atomic mass is 16.6. The van der Waals surface area contributed by atoms with Gasteiger partial charge in [0, 0.05) is 51.0 Å². The summed E-state index contributed by atoms with van der Waals surface area (Å²) in [6.07, 6.45) is 1.61. The molecule has 0 aromatic heterocycles. The molecule has 0 aromatic rings. The molecule has 52 heavy (non-hydrogen) atoms. The van der Waals surface area contributed by atoms with E-state index in [2.05, 4.69) is 20.1 Å². The van der Waals surface area contributed by atoms with Crippen molar-refractivity contribution in [3.05, 3.63) is 24.3 Å². The van der Waals surface area contributed by atoms with Crippen LogP contribution in [0.1, 0.15) is 90.4 Å². The number of fused-ring (bicyclic) bond motifs is 2. The van der Waals surface area contributed by atoms with Gasteiger partial charge in [-0.1, -0.05) is 20.1 Å². The minimum Gasteiger partial charge on any atom is -0.394 e. The number of methoxy groups -OCH3 is 1. The van der Waals surface area contributed by atoms with Crippen molar-refractivity contribution >= 4 is 11.6 Å². The average molecular weight is 735 g/mol. The highest BCUT2D eigenvalue weighted by molar-refractivity contribution is 5.79. The van der Waals surface area contributed by atoms with Gasteiger partial charge < -0.3 is 48.8 Å². The second kappa shape index (κ2) is 17.9. The van der Waals surface area contributed by atoms with Crippen LogP contribution in [0.25, 0.3) is 0 Å². The Kier molecular flexibility index (Phi) is 13.8. The molecule has 1 aliphatic carbocycles. The molecular formula is C40H62O12. The summed E-state index contributed by atoms with van der Waals surface area (Å²) >= 11 is 0. The molecule has 5 heterocycles. The molecule has 6 rings (SSSR count). The molecule has 0 amide bonds. The van der Waals surface area contributed by atoms with Crippen molar-refractivity contribution in [3.8, 4) is 0 Å². The van der Waals surface area contributed by atoms with Crippen molar-refractivity contribution in [1.82, 2.24) is 0 Å². The third-order valence-corrected chi connectivity index (χ3v) is 12.8. The zero-order valence-electron chi connectivity index (χ0n) is 31.0. The predicted octanol–water partition coefficient (Wildman–Crippen LogP) is 3.00. The van der Waals surface area contributed by atoms with E-state index in [4.69, 9.17) is 28.4 Å². The van der Waals surface area contributed by atoms with Gasteiger partial charge in [0.05, 0.1) is 74.8 Å². The monoisotopic (exact) mass is 734 g/mol. The van der Waals surface area contributed by atoms with Crippen LogP contribution in [0, 0.1) is 23.7 Å². The molecule has 0 unspecified atom stereocenters. The lowest BCUT2D eigenvalue weighted by atomic mass is 9.71. The lowest BCUT2D eigenvalue weighted by molar-refractivity contribution is -0.208. The number of aliphatic hydroxyl groups excluding tert-OH is 4. The van der Waals surface area contributed by atoms with Crippen molar-refractivity contribution in [2.75, 3.05) is 26.9 Å². The van der Waals surface area contributed by atoms with Crippen molar-refractivity contribution < 1.29 is 58.4 Å². The van der Waals surface area contributed by atoms with Crippen LogP contribution >= 0.6 is 0 Å². The Morgan fingerprint density at radius 2 is 1.67 bits per heavy atom. The Labute approximate surface area is 308 Å². The van der Waals surface area contributed by atoms with Crippen molar-refractivity contribution in [1.29, 1.82) is 0 Å². The van der Waals surface area contributed by atoms with Crippen LogP contribution in [-0.4, -0.2) is 132 Å². The van der Waals surface area contributed by atoms with Gasteiger partial charge in [-0.15, -0.1) is 0 Å². The van der Waals surface area contributed by atoms with Crippen molar-refractivity contribution in [2.24, 2.45) is 23.7 Å². The van der Waals surface area contributed by atoms with Crippen LogP contribution in [0.5, 0.6) is 0 Å². The number of ether oxygens (including phenoxy) is 6. The summed E-state index contributed by atoms with van der Waals surface area (Å²) in [6.45, 7) is 11.1. The summed E-state index contributed by atoms with van der Waals surface area (Å²) in [5.41, 5.74) is 2.22. The van der Waals surface area contributed by atoms with E-state index in [9.17, 15) is 30.0 Å². The van der Waals surface area contributed by atoms with Gasteiger partial charge in [-0.05, 0) is 74.3 Å². The van der Waals surface area contributed by atoms with E-state index < -0.39 is 36.6 Å². The molecule has 12 nitrogen and oxygen atoms in total. The first-order valence-corrected chi connectivity index (χ1v) is 19.7. The first kappa shape index (κ1) is 40.1. The van der Waals surface area contributed by atoms with Crippen LogP contribution in [0.4, 0.5) is 0 Å². The number of Topliss-reactive ketones (excluding diaryl/α,β-unsaturated/α-hetero) is 2. The number of hydrogen-bond donors (Lipinski definition) is 4. The van der Waals surface area contributed by atoms with E-state index in [0.29, 0.717) is 57.7 Å². The quantitative estimate of drug-likeness (QED) is 0.171. The van der Waals surface area contributed by atoms with Gasteiger partial charge >= 0.3 is 0 Å². The van der Waals surface area contributed by atoms with Gasteiger partial charge in [-0.25, -0.2) is 0 Å². The Morgan fingerprint density at radius 1 is 0.885 bits per heavy atom. The molecule has 0 bridgehead atoms. The molecule has 16 atom stereocenters. The van der Waals surface area contributed by atoms with E-state index in [0.717, 1.165) is 43.3 Å². The first-order chi connectivity index (χ1) is 24.9. The number of carbonyl (C=O) groups excluding carboxylic acids is 2. The molecule has 4 N–H and O–H groups in total.